The molecule has 0 saturated heterocycles. The van der Waals surface area contributed by atoms with Crippen molar-refractivity contribution in [1.82, 2.24) is 4.98 Å². The number of nitrogens with two attached hydrogens (primary N) is 1. The Kier molecular flexibility index (Phi) is 3.17. The lowest BCUT2D eigenvalue weighted by atomic mass is 10.1. The van der Waals surface area contributed by atoms with Gasteiger partial charge in [-0.3, -0.25) is 4.79 Å². The fourth-order valence-corrected chi connectivity index (χ4v) is 1.68. The van der Waals surface area contributed by atoms with Crippen molar-refractivity contribution < 1.29 is 4.79 Å². The van der Waals surface area contributed by atoms with Crippen LogP contribution in [-0.4, -0.2) is 17.8 Å². The Morgan fingerprint density at radius 1 is 1.38 bits per heavy atom. The minimum absolute atomic E-state index is 0.663. The summed E-state index contributed by atoms with van der Waals surface area (Å²) in [7, 11) is 0. The summed E-state index contributed by atoms with van der Waals surface area (Å²) in [5.74, 6) is 0. The smallest absolute Gasteiger partial charge is 0.152 e. The Morgan fingerprint density at radius 3 is 3.00 bits per heavy atom. The van der Waals surface area contributed by atoms with Crippen LogP contribution in [0.2, 0.25) is 0 Å². The molecule has 3 N–H and O–H groups in total. The lowest BCUT2D eigenvalue weighted by Gasteiger charge is -1.95. The minimum atomic E-state index is 0.663. The zero-order valence-electron chi connectivity index (χ0n) is 8.94. The van der Waals surface area contributed by atoms with Crippen LogP contribution >= 0.6 is 0 Å². The van der Waals surface area contributed by atoms with Crippen molar-refractivity contribution in [1.29, 1.82) is 0 Å². The molecule has 0 bridgehead atoms. The van der Waals surface area contributed by atoms with E-state index in [1.807, 2.05) is 30.4 Å². The third kappa shape index (κ3) is 2.04. The molecule has 0 aliphatic carbocycles. The van der Waals surface area contributed by atoms with Crippen molar-refractivity contribution in [3.8, 4) is 0 Å². The molecule has 1 aromatic heterocycles. The van der Waals surface area contributed by atoms with Gasteiger partial charge in [0.25, 0.3) is 0 Å². The third-order valence-corrected chi connectivity index (χ3v) is 2.51. The standard InChI is InChI=1S/C13H14N2O/c14-6-2-1-3-10-4-5-12-11(9-16)8-15-13(12)7-10/h1,3-5,7-9,15H,2,6,14H2. The number of aromatic nitrogens is 1. The Bertz CT molecular complexity index is 526. The Balaban J connectivity index is 2.34. The van der Waals surface area contributed by atoms with Gasteiger partial charge in [-0.25, -0.2) is 0 Å². The lowest BCUT2D eigenvalue weighted by molar-refractivity contribution is 0.112. The van der Waals surface area contributed by atoms with E-state index in [1.165, 1.54) is 0 Å². The predicted molar refractivity (Wildman–Crippen MR) is 66.4 cm³/mol. The number of hydrogen-bond acceptors (Lipinski definition) is 2. The predicted octanol–water partition coefficient (Wildman–Crippen LogP) is 2.34. The van der Waals surface area contributed by atoms with Gasteiger partial charge < -0.3 is 10.7 Å². The van der Waals surface area contributed by atoms with Gasteiger partial charge in [-0.1, -0.05) is 24.3 Å². The summed E-state index contributed by atoms with van der Waals surface area (Å²) in [5.41, 5.74) is 8.20. The summed E-state index contributed by atoms with van der Waals surface area (Å²) in [5, 5.41) is 0.964. The van der Waals surface area contributed by atoms with Crippen LogP contribution in [0.15, 0.2) is 30.5 Å². The van der Waals surface area contributed by atoms with E-state index in [2.05, 4.69) is 4.98 Å². The highest BCUT2D eigenvalue weighted by Crippen LogP contribution is 2.19. The van der Waals surface area contributed by atoms with E-state index in [9.17, 15) is 4.79 Å². The average molecular weight is 214 g/mol. The van der Waals surface area contributed by atoms with Gasteiger partial charge in [0.1, 0.15) is 0 Å². The van der Waals surface area contributed by atoms with E-state index in [-0.39, 0.29) is 0 Å². The molecule has 3 nitrogen and oxygen atoms in total. The molecule has 0 fully saturated rings. The van der Waals surface area contributed by atoms with Gasteiger partial charge in [-0.2, -0.15) is 0 Å². The first-order chi connectivity index (χ1) is 7.85. The maximum Gasteiger partial charge on any atom is 0.152 e. The lowest BCUT2D eigenvalue weighted by Crippen LogP contribution is -1.94. The van der Waals surface area contributed by atoms with Crippen molar-refractivity contribution >= 4 is 23.3 Å². The number of carbonyl (C=O) groups is 1. The number of benzene rings is 1. The first kappa shape index (κ1) is 10.6. The zero-order valence-corrected chi connectivity index (χ0v) is 8.94. The van der Waals surface area contributed by atoms with Crippen LogP contribution in [0.25, 0.3) is 17.0 Å². The first-order valence-electron chi connectivity index (χ1n) is 5.28. The molecule has 2 rings (SSSR count). The quantitative estimate of drug-likeness (QED) is 0.767. The first-order valence-corrected chi connectivity index (χ1v) is 5.28. The molecule has 0 aliphatic heterocycles. The van der Waals surface area contributed by atoms with Crippen LogP contribution in [-0.2, 0) is 0 Å². The summed E-state index contributed by atoms with van der Waals surface area (Å²) in [6.45, 7) is 0.663. The molecule has 0 radical (unpaired) electrons. The molecule has 2 aromatic rings. The van der Waals surface area contributed by atoms with E-state index in [0.29, 0.717) is 12.1 Å². The van der Waals surface area contributed by atoms with Crippen LogP contribution in [0.3, 0.4) is 0 Å². The molecule has 0 atom stereocenters. The molecule has 0 amide bonds. The molecular formula is C13H14N2O. The number of rotatable bonds is 4. The molecule has 1 heterocycles. The zero-order chi connectivity index (χ0) is 11.4. The van der Waals surface area contributed by atoms with Gasteiger partial charge in [-0.15, -0.1) is 0 Å². The average Bonchev–Trinajstić information content (AvgIpc) is 2.71. The molecule has 0 unspecified atom stereocenters. The van der Waals surface area contributed by atoms with Crippen molar-refractivity contribution in [3.63, 3.8) is 0 Å². The van der Waals surface area contributed by atoms with Gasteiger partial charge in [0.15, 0.2) is 6.29 Å². The Hall–Kier alpha value is -1.87. The summed E-state index contributed by atoms with van der Waals surface area (Å²) in [4.78, 5) is 13.8. The van der Waals surface area contributed by atoms with Crippen molar-refractivity contribution in [2.45, 2.75) is 6.42 Å². The number of H-pyrrole nitrogens is 1. The number of carbonyl (C=O) groups excluding carboxylic acids is 1. The molecule has 1 aromatic carbocycles. The van der Waals surface area contributed by atoms with Crippen LogP contribution in [0.1, 0.15) is 22.3 Å². The number of nitrogens with one attached hydrogen (secondary N) is 1. The topological polar surface area (TPSA) is 58.9 Å². The monoisotopic (exact) mass is 214 g/mol. The fourth-order valence-electron chi connectivity index (χ4n) is 1.68. The number of aldehydes is 1. The number of fused-ring (bicyclic) bond motifs is 1. The van der Waals surface area contributed by atoms with Gasteiger partial charge in [0, 0.05) is 22.7 Å². The second kappa shape index (κ2) is 4.77. The van der Waals surface area contributed by atoms with E-state index in [0.717, 1.165) is 29.2 Å². The van der Waals surface area contributed by atoms with Crippen molar-refractivity contribution in [2.24, 2.45) is 5.73 Å². The SMILES string of the molecule is NCCC=Cc1ccc2c(C=O)c[nH]c2c1. The molecule has 3 heteroatoms. The van der Waals surface area contributed by atoms with Crippen LogP contribution in [0, 0.1) is 0 Å². The highest BCUT2D eigenvalue weighted by Gasteiger charge is 2.01. The van der Waals surface area contributed by atoms with Crippen LogP contribution < -0.4 is 5.73 Å². The molecular weight excluding hydrogens is 200 g/mol. The largest absolute Gasteiger partial charge is 0.360 e. The van der Waals surface area contributed by atoms with Gasteiger partial charge in [0.05, 0.1) is 0 Å². The Labute approximate surface area is 94.0 Å². The Morgan fingerprint density at radius 2 is 2.25 bits per heavy atom. The summed E-state index contributed by atoms with van der Waals surface area (Å²) < 4.78 is 0. The molecule has 0 aliphatic rings. The maximum absolute atomic E-state index is 10.7. The highest BCUT2D eigenvalue weighted by molar-refractivity contribution is 5.97. The van der Waals surface area contributed by atoms with E-state index >= 15 is 0 Å². The van der Waals surface area contributed by atoms with Crippen LogP contribution in [0.4, 0.5) is 0 Å². The van der Waals surface area contributed by atoms with E-state index < -0.39 is 0 Å². The minimum Gasteiger partial charge on any atom is -0.360 e. The summed E-state index contributed by atoms with van der Waals surface area (Å²) in [6, 6.07) is 5.98. The molecule has 0 saturated carbocycles. The van der Waals surface area contributed by atoms with Gasteiger partial charge in [0.2, 0.25) is 0 Å². The summed E-state index contributed by atoms with van der Waals surface area (Å²) in [6.07, 6.45) is 7.55. The second-order valence-electron chi connectivity index (χ2n) is 3.65. The van der Waals surface area contributed by atoms with E-state index in [4.69, 9.17) is 5.73 Å². The molecule has 16 heavy (non-hydrogen) atoms. The maximum atomic E-state index is 10.7. The van der Waals surface area contributed by atoms with E-state index in [1.54, 1.807) is 6.20 Å². The van der Waals surface area contributed by atoms with Gasteiger partial charge in [-0.05, 0) is 24.6 Å². The molecule has 0 spiro atoms. The van der Waals surface area contributed by atoms with Gasteiger partial charge >= 0.3 is 0 Å². The normalized spacial score (nSPS) is 11.3. The van der Waals surface area contributed by atoms with Crippen molar-refractivity contribution in [2.75, 3.05) is 6.54 Å². The highest BCUT2D eigenvalue weighted by atomic mass is 16.1. The number of aromatic amines is 1. The third-order valence-electron chi connectivity index (χ3n) is 2.51. The van der Waals surface area contributed by atoms with Crippen molar-refractivity contribution in [3.05, 3.63) is 41.6 Å². The summed E-state index contributed by atoms with van der Waals surface area (Å²) >= 11 is 0. The molecule has 82 valence electrons. The second-order valence-corrected chi connectivity index (χ2v) is 3.65. The fraction of sp³-hybridized carbons (Fsp3) is 0.154. The van der Waals surface area contributed by atoms with Crippen LogP contribution in [0.5, 0.6) is 0 Å². The number of hydrogen-bond donors (Lipinski definition) is 2.